The first-order valence-corrected chi connectivity index (χ1v) is 3.51. The van der Waals surface area contributed by atoms with Crippen LogP contribution in [0.4, 0.5) is 0 Å². The van der Waals surface area contributed by atoms with Crippen molar-refractivity contribution in [3.63, 3.8) is 0 Å². The third-order valence-electron chi connectivity index (χ3n) is 1.87. The summed E-state index contributed by atoms with van der Waals surface area (Å²) in [7, 11) is 0. The monoisotopic (exact) mass is 144 g/mol. The molecule has 0 aromatic heterocycles. The predicted molar refractivity (Wildman–Crippen MR) is 45.6 cm³/mol. The van der Waals surface area contributed by atoms with Crippen molar-refractivity contribution < 1.29 is 0 Å². The summed E-state index contributed by atoms with van der Waals surface area (Å²) in [6.45, 7) is 2.00. The van der Waals surface area contributed by atoms with Crippen molar-refractivity contribution >= 4 is 12.1 Å². The first kappa shape index (κ1) is 6.28. The van der Waals surface area contributed by atoms with Gasteiger partial charge in [-0.1, -0.05) is 18.2 Å². The molecule has 1 heterocycles. The van der Waals surface area contributed by atoms with Crippen molar-refractivity contribution in [3.05, 3.63) is 34.9 Å². The quantitative estimate of drug-likeness (QED) is 0.576. The number of amidine groups is 1. The van der Waals surface area contributed by atoms with Gasteiger partial charge in [0.15, 0.2) is 5.84 Å². The zero-order valence-electron chi connectivity index (χ0n) is 6.26. The van der Waals surface area contributed by atoms with Crippen LogP contribution in [-0.4, -0.2) is 12.1 Å². The van der Waals surface area contributed by atoms with Crippen molar-refractivity contribution in [2.24, 2.45) is 4.99 Å². The second kappa shape index (κ2) is 2.02. The van der Waals surface area contributed by atoms with Gasteiger partial charge >= 0.3 is 0 Å². The molecule has 1 aliphatic rings. The van der Waals surface area contributed by atoms with Gasteiger partial charge in [0.1, 0.15) is 0 Å². The van der Waals surface area contributed by atoms with Gasteiger partial charge in [-0.2, -0.15) is 0 Å². The molecule has 2 rings (SSSR count). The molecular formula is C9H8N2. The van der Waals surface area contributed by atoms with E-state index in [9.17, 15) is 0 Å². The van der Waals surface area contributed by atoms with Crippen LogP contribution in [0.25, 0.3) is 0 Å². The number of rotatable bonds is 0. The molecule has 54 valence electrons. The number of aliphatic imine (C=N–C) groups is 1. The second-order valence-corrected chi connectivity index (χ2v) is 2.65. The fourth-order valence-electron chi connectivity index (χ4n) is 1.32. The van der Waals surface area contributed by atoms with Crippen LogP contribution >= 0.6 is 0 Å². The zero-order chi connectivity index (χ0) is 7.84. The average molecular weight is 144 g/mol. The Balaban J connectivity index is 2.74. The van der Waals surface area contributed by atoms with E-state index in [0.717, 1.165) is 16.7 Å². The molecule has 1 aromatic carbocycles. The standard InChI is InChI=1S/C9H8N2/c1-6-3-2-4-7-5-11-9(10)8(6)7/h2-5,10H,1H3. The Hall–Kier alpha value is -1.44. The highest BCUT2D eigenvalue weighted by Crippen LogP contribution is 2.17. The normalized spacial score (nSPS) is 13.7. The molecule has 2 nitrogen and oxygen atoms in total. The van der Waals surface area contributed by atoms with Crippen LogP contribution < -0.4 is 0 Å². The Bertz CT molecular complexity index is 351. The molecule has 11 heavy (non-hydrogen) atoms. The largest absolute Gasteiger partial charge is 0.282 e. The van der Waals surface area contributed by atoms with Crippen LogP contribution in [0.1, 0.15) is 16.7 Å². The van der Waals surface area contributed by atoms with Crippen LogP contribution in [0.5, 0.6) is 0 Å². The van der Waals surface area contributed by atoms with Crippen LogP contribution in [0.2, 0.25) is 0 Å². The molecule has 0 saturated carbocycles. The van der Waals surface area contributed by atoms with Crippen molar-refractivity contribution in [1.82, 2.24) is 0 Å². The second-order valence-electron chi connectivity index (χ2n) is 2.65. The van der Waals surface area contributed by atoms with E-state index in [1.165, 1.54) is 0 Å². The van der Waals surface area contributed by atoms with E-state index in [0.29, 0.717) is 5.84 Å². The van der Waals surface area contributed by atoms with Crippen molar-refractivity contribution in [2.45, 2.75) is 6.92 Å². The van der Waals surface area contributed by atoms with Crippen molar-refractivity contribution in [2.75, 3.05) is 0 Å². The maximum atomic E-state index is 7.47. The summed E-state index contributed by atoms with van der Waals surface area (Å²) in [6.07, 6.45) is 1.74. The fraction of sp³-hybridized carbons (Fsp3) is 0.111. The molecule has 0 unspecified atom stereocenters. The summed E-state index contributed by atoms with van der Waals surface area (Å²) in [5, 5.41) is 7.47. The molecule has 2 heteroatoms. The highest BCUT2D eigenvalue weighted by molar-refractivity contribution is 6.14. The van der Waals surface area contributed by atoms with Gasteiger partial charge < -0.3 is 0 Å². The number of aryl methyl sites for hydroxylation is 1. The SMILES string of the molecule is Cc1cccc2c1C(=N)N=C2. The molecule has 1 N–H and O–H groups in total. The Kier molecular flexibility index (Phi) is 1.15. The number of fused-ring (bicyclic) bond motifs is 1. The minimum atomic E-state index is 0.387. The van der Waals surface area contributed by atoms with E-state index >= 15 is 0 Å². The number of hydrogen-bond acceptors (Lipinski definition) is 1. The average Bonchev–Trinajstić information content (AvgIpc) is 2.34. The summed E-state index contributed by atoms with van der Waals surface area (Å²) >= 11 is 0. The van der Waals surface area contributed by atoms with Crippen LogP contribution in [0.15, 0.2) is 23.2 Å². The maximum absolute atomic E-state index is 7.47. The number of hydrogen-bond donors (Lipinski definition) is 1. The van der Waals surface area contributed by atoms with Gasteiger partial charge in [-0.15, -0.1) is 0 Å². The van der Waals surface area contributed by atoms with Crippen molar-refractivity contribution in [3.8, 4) is 0 Å². The van der Waals surface area contributed by atoms with Gasteiger partial charge in [0.25, 0.3) is 0 Å². The van der Waals surface area contributed by atoms with Crippen LogP contribution in [-0.2, 0) is 0 Å². The number of benzene rings is 1. The number of nitrogens with zero attached hydrogens (tertiary/aromatic N) is 1. The van der Waals surface area contributed by atoms with Crippen molar-refractivity contribution in [1.29, 1.82) is 5.41 Å². The smallest absolute Gasteiger partial charge is 0.152 e. The predicted octanol–water partition coefficient (Wildman–Crippen LogP) is 1.75. The van der Waals surface area contributed by atoms with Gasteiger partial charge in [-0.3, -0.25) is 5.41 Å². The molecular weight excluding hydrogens is 136 g/mol. The van der Waals surface area contributed by atoms with E-state index in [4.69, 9.17) is 5.41 Å². The Morgan fingerprint density at radius 3 is 2.91 bits per heavy atom. The summed E-state index contributed by atoms with van der Waals surface area (Å²) in [5.74, 6) is 0.387. The van der Waals surface area contributed by atoms with Gasteiger partial charge in [0, 0.05) is 17.3 Å². The minimum Gasteiger partial charge on any atom is -0.282 e. The lowest BCUT2D eigenvalue weighted by molar-refractivity contribution is 1.39. The Morgan fingerprint density at radius 2 is 2.18 bits per heavy atom. The lowest BCUT2D eigenvalue weighted by atomic mass is 10.0. The molecule has 1 aliphatic heterocycles. The minimum absolute atomic E-state index is 0.387. The van der Waals surface area contributed by atoms with Crippen LogP contribution in [0.3, 0.4) is 0 Å². The number of nitrogens with one attached hydrogen (secondary N) is 1. The van der Waals surface area contributed by atoms with Gasteiger partial charge in [-0.25, -0.2) is 4.99 Å². The van der Waals surface area contributed by atoms with E-state index in [1.54, 1.807) is 6.21 Å². The molecule has 0 radical (unpaired) electrons. The molecule has 1 aromatic rings. The summed E-state index contributed by atoms with van der Waals surface area (Å²) in [5.41, 5.74) is 3.17. The lowest BCUT2D eigenvalue weighted by Crippen LogP contribution is -1.94. The topological polar surface area (TPSA) is 36.2 Å². The van der Waals surface area contributed by atoms with Gasteiger partial charge in [-0.05, 0) is 12.5 Å². The zero-order valence-corrected chi connectivity index (χ0v) is 6.26. The van der Waals surface area contributed by atoms with Crippen LogP contribution in [0, 0.1) is 12.3 Å². The van der Waals surface area contributed by atoms with E-state index in [1.807, 2.05) is 25.1 Å². The van der Waals surface area contributed by atoms with Gasteiger partial charge in [0.2, 0.25) is 0 Å². The highest BCUT2D eigenvalue weighted by atomic mass is 14.8. The van der Waals surface area contributed by atoms with E-state index in [-0.39, 0.29) is 0 Å². The molecule has 0 fully saturated rings. The third kappa shape index (κ3) is 0.792. The molecule has 0 saturated heterocycles. The molecule has 0 amide bonds. The van der Waals surface area contributed by atoms with Gasteiger partial charge in [0.05, 0.1) is 0 Å². The summed E-state index contributed by atoms with van der Waals surface area (Å²) in [4.78, 5) is 3.92. The first-order valence-electron chi connectivity index (χ1n) is 3.51. The first-order chi connectivity index (χ1) is 5.29. The Morgan fingerprint density at radius 1 is 1.36 bits per heavy atom. The molecule has 0 spiro atoms. The highest BCUT2D eigenvalue weighted by Gasteiger charge is 2.12. The fourth-order valence-corrected chi connectivity index (χ4v) is 1.32. The summed E-state index contributed by atoms with van der Waals surface area (Å²) < 4.78 is 0. The molecule has 0 aliphatic carbocycles. The third-order valence-corrected chi connectivity index (χ3v) is 1.87. The lowest BCUT2D eigenvalue weighted by Gasteiger charge is -1.99. The molecule has 0 bridgehead atoms. The van der Waals surface area contributed by atoms with E-state index in [2.05, 4.69) is 4.99 Å². The van der Waals surface area contributed by atoms with E-state index < -0.39 is 0 Å². The summed E-state index contributed by atoms with van der Waals surface area (Å²) in [6, 6.07) is 5.97. The maximum Gasteiger partial charge on any atom is 0.152 e. The Labute approximate surface area is 65.1 Å². The molecule has 0 atom stereocenters.